The lowest BCUT2D eigenvalue weighted by molar-refractivity contribution is -0.0853. The van der Waals surface area contributed by atoms with Gasteiger partial charge in [-0.15, -0.1) is 0 Å². The van der Waals surface area contributed by atoms with Crippen LogP contribution < -0.4 is 0 Å². The van der Waals surface area contributed by atoms with Gasteiger partial charge in [0.25, 0.3) is 10.1 Å². The molecule has 1 saturated heterocycles. The number of benzene rings is 1. The second-order valence-electron chi connectivity index (χ2n) is 5.05. The lowest BCUT2D eigenvalue weighted by Gasteiger charge is -2.28. The number of ether oxygens (including phenoxy) is 1. The van der Waals surface area contributed by atoms with Crippen LogP contribution in [0.3, 0.4) is 0 Å². The number of hydrogen-bond donors (Lipinski definition) is 1. The second kappa shape index (κ2) is 6.67. The first-order chi connectivity index (χ1) is 9.51. The summed E-state index contributed by atoms with van der Waals surface area (Å²) < 4.78 is 34.6. The zero-order chi connectivity index (χ0) is 14.6. The third-order valence-corrected chi connectivity index (χ3v) is 4.66. The van der Waals surface area contributed by atoms with Gasteiger partial charge in [0, 0.05) is 0 Å². The molecule has 1 N–H and O–H groups in total. The Morgan fingerprint density at radius 1 is 1.25 bits per heavy atom. The Kier molecular flexibility index (Phi) is 5.15. The fraction of sp³-hybridized carbons (Fsp3) is 0.571. The zero-order valence-electron chi connectivity index (χ0n) is 11.5. The van der Waals surface area contributed by atoms with E-state index >= 15 is 0 Å². The van der Waals surface area contributed by atoms with Crippen LogP contribution >= 0.6 is 0 Å². The summed E-state index contributed by atoms with van der Waals surface area (Å²) >= 11 is 0. The highest BCUT2D eigenvalue weighted by Crippen LogP contribution is 2.21. The molecule has 112 valence electrons. The molecule has 1 aromatic rings. The van der Waals surface area contributed by atoms with E-state index in [9.17, 15) is 8.42 Å². The zero-order valence-corrected chi connectivity index (χ0v) is 12.3. The van der Waals surface area contributed by atoms with Gasteiger partial charge in [-0.25, -0.2) is 0 Å². The van der Waals surface area contributed by atoms with E-state index in [4.69, 9.17) is 14.0 Å². The van der Waals surface area contributed by atoms with Gasteiger partial charge in [0.15, 0.2) is 0 Å². The molecule has 1 aliphatic heterocycles. The van der Waals surface area contributed by atoms with Crippen molar-refractivity contribution in [3.63, 3.8) is 0 Å². The molecule has 2 atom stereocenters. The highest BCUT2D eigenvalue weighted by molar-refractivity contribution is 7.86. The smallest absolute Gasteiger partial charge is 0.297 e. The highest BCUT2D eigenvalue weighted by Gasteiger charge is 2.24. The Labute approximate surface area is 119 Å². The molecule has 5 nitrogen and oxygen atoms in total. The van der Waals surface area contributed by atoms with E-state index in [-0.39, 0.29) is 30.3 Å². The minimum Gasteiger partial charge on any atom is -0.394 e. The summed E-state index contributed by atoms with van der Waals surface area (Å²) in [4.78, 5) is 0.151. The second-order valence-corrected chi connectivity index (χ2v) is 6.66. The normalized spacial score (nSPS) is 23.7. The van der Waals surface area contributed by atoms with E-state index in [1.165, 1.54) is 12.1 Å². The molecule has 0 aliphatic carbocycles. The minimum absolute atomic E-state index is 0.00723. The summed E-state index contributed by atoms with van der Waals surface area (Å²) in [5.74, 6) is 0. The standard InChI is InChI=1S/C14H20O5S/c1-11-5-7-14(8-6-11)20(16,17)18-10-13-4-2-3-12(9-15)19-13/h5-8,12-13,15H,2-4,9-10H2,1H3/t12-,13-/m0/s1. The van der Waals surface area contributed by atoms with Crippen LogP contribution in [-0.2, 0) is 19.0 Å². The fourth-order valence-corrected chi connectivity index (χ4v) is 3.11. The third kappa shape index (κ3) is 4.02. The van der Waals surface area contributed by atoms with Crippen LogP contribution in [0.4, 0.5) is 0 Å². The van der Waals surface area contributed by atoms with E-state index in [0.717, 1.165) is 24.8 Å². The molecule has 0 radical (unpaired) electrons. The molecular formula is C14H20O5S. The van der Waals surface area contributed by atoms with Crippen molar-refractivity contribution in [3.05, 3.63) is 29.8 Å². The van der Waals surface area contributed by atoms with Crippen molar-refractivity contribution < 1.29 is 22.4 Å². The molecule has 1 fully saturated rings. The predicted molar refractivity (Wildman–Crippen MR) is 73.9 cm³/mol. The molecule has 0 unspecified atom stereocenters. The molecular weight excluding hydrogens is 280 g/mol. The average Bonchev–Trinajstić information content (AvgIpc) is 2.46. The summed E-state index contributed by atoms with van der Waals surface area (Å²) in [6.45, 7) is 1.84. The van der Waals surface area contributed by atoms with Crippen molar-refractivity contribution in [1.29, 1.82) is 0 Å². The van der Waals surface area contributed by atoms with Gasteiger partial charge < -0.3 is 9.84 Å². The molecule has 0 bridgehead atoms. The number of hydrogen-bond acceptors (Lipinski definition) is 5. The van der Waals surface area contributed by atoms with Gasteiger partial charge in [0.1, 0.15) is 0 Å². The molecule has 0 amide bonds. The summed E-state index contributed by atoms with van der Waals surface area (Å²) in [7, 11) is -3.74. The Morgan fingerprint density at radius 3 is 2.55 bits per heavy atom. The van der Waals surface area contributed by atoms with Crippen LogP contribution in [0.25, 0.3) is 0 Å². The molecule has 1 aromatic carbocycles. The van der Waals surface area contributed by atoms with Crippen molar-refractivity contribution in [2.24, 2.45) is 0 Å². The van der Waals surface area contributed by atoms with Crippen molar-refractivity contribution in [1.82, 2.24) is 0 Å². The van der Waals surface area contributed by atoms with E-state index in [0.29, 0.717) is 0 Å². The van der Waals surface area contributed by atoms with Gasteiger partial charge in [-0.2, -0.15) is 8.42 Å². The average molecular weight is 300 g/mol. The quantitative estimate of drug-likeness (QED) is 0.837. The van der Waals surface area contributed by atoms with Gasteiger partial charge in [-0.3, -0.25) is 4.18 Å². The van der Waals surface area contributed by atoms with E-state index in [2.05, 4.69) is 0 Å². The number of rotatable bonds is 5. The van der Waals surface area contributed by atoms with Crippen molar-refractivity contribution in [2.75, 3.05) is 13.2 Å². The van der Waals surface area contributed by atoms with Crippen LogP contribution in [0.15, 0.2) is 29.2 Å². The Bertz CT molecular complexity index is 523. The summed E-state index contributed by atoms with van der Waals surface area (Å²) in [5.41, 5.74) is 0.991. The molecule has 20 heavy (non-hydrogen) atoms. The maximum absolute atomic E-state index is 12.0. The first kappa shape index (κ1) is 15.4. The Balaban J connectivity index is 1.94. The van der Waals surface area contributed by atoms with Crippen molar-refractivity contribution >= 4 is 10.1 Å². The summed E-state index contributed by atoms with van der Waals surface area (Å²) in [6, 6.07) is 6.52. The number of aliphatic hydroxyl groups is 1. The molecule has 0 saturated carbocycles. The summed E-state index contributed by atoms with van der Waals surface area (Å²) in [6.07, 6.45) is 1.97. The van der Waals surface area contributed by atoms with Gasteiger partial charge in [0.05, 0.1) is 30.3 Å². The fourth-order valence-electron chi connectivity index (χ4n) is 2.18. The highest BCUT2D eigenvalue weighted by atomic mass is 32.2. The number of aliphatic hydroxyl groups excluding tert-OH is 1. The molecule has 1 aliphatic rings. The monoisotopic (exact) mass is 300 g/mol. The van der Waals surface area contributed by atoms with Crippen LogP contribution in [0.1, 0.15) is 24.8 Å². The molecule has 1 heterocycles. The largest absolute Gasteiger partial charge is 0.394 e. The predicted octanol–water partition coefficient (Wildman–Crippen LogP) is 1.63. The Morgan fingerprint density at radius 2 is 1.90 bits per heavy atom. The third-order valence-electron chi connectivity index (χ3n) is 3.36. The first-order valence-corrected chi connectivity index (χ1v) is 8.14. The van der Waals surface area contributed by atoms with E-state index in [1.54, 1.807) is 12.1 Å². The Hall–Kier alpha value is -0.950. The van der Waals surface area contributed by atoms with Crippen LogP contribution in [-0.4, -0.2) is 38.9 Å². The van der Waals surface area contributed by atoms with Gasteiger partial charge in [-0.1, -0.05) is 17.7 Å². The van der Waals surface area contributed by atoms with E-state index in [1.807, 2.05) is 6.92 Å². The van der Waals surface area contributed by atoms with Crippen molar-refractivity contribution in [2.45, 2.75) is 43.3 Å². The van der Waals surface area contributed by atoms with Crippen LogP contribution in [0, 0.1) is 6.92 Å². The van der Waals surface area contributed by atoms with Gasteiger partial charge in [0.2, 0.25) is 0 Å². The lowest BCUT2D eigenvalue weighted by atomic mass is 10.1. The first-order valence-electron chi connectivity index (χ1n) is 6.73. The van der Waals surface area contributed by atoms with Crippen LogP contribution in [0.2, 0.25) is 0 Å². The number of aryl methyl sites for hydroxylation is 1. The molecule has 2 rings (SSSR count). The minimum atomic E-state index is -3.74. The van der Waals surface area contributed by atoms with E-state index < -0.39 is 10.1 Å². The van der Waals surface area contributed by atoms with Gasteiger partial charge in [-0.05, 0) is 38.3 Å². The molecule has 0 aromatic heterocycles. The SMILES string of the molecule is Cc1ccc(S(=O)(=O)OC[C@@H]2CCC[C@@H](CO)O2)cc1. The van der Waals surface area contributed by atoms with Gasteiger partial charge >= 0.3 is 0 Å². The van der Waals surface area contributed by atoms with Crippen molar-refractivity contribution in [3.8, 4) is 0 Å². The maximum Gasteiger partial charge on any atom is 0.297 e. The molecule has 0 spiro atoms. The maximum atomic E-state index is 12.0. The lowest BCUT2D eigenvalue weighted by Crippen LogP contribution is -2.33. The molecule has 6 heteroatoms. The van der Waals surface area contributed by atoms with Crippen LogP contribution in [0.5, 0.6) is 0 Å². The topological polar surface area (TPSA) is 72.8 Å². The summed E-state index contributed by atoms with van der Waals surface area (Å²) in [5, 5.41) is 9.06.